The molecule has 4 fully saturated rings. The lowest BCUT2D eigenvalue weighted by Crippen LogP contribution is -2.53. The summed E-state index contributed by atoms with van der Waals surface area (Å²) >= 11 is 0. The first-order valence-electron chi connectivity index (χ1n) is 14.3. The van der Waals surface area contributed by atoms with Crippen LogP contribution in [0.4, 0.5) is 0 Å². The minimum absolute atomic E-state index is 0.101. The van der Waals surface area contributed by atoms with Gasteiger partial charge in [-0.3, -0.25) is 0 Å². The molecule has 0 amide bonds. The molecule has 6 aliphatic heterocycles. The first kappa shape index (κ1) is 24.2. The summed E-state index contributed by atoms with van der Waals surface area (Å²) in [4.78, 5) is 10.1. The smallest absolute Gasteiger partial charge is 0.218 e. The number of piperidine rings is 1. The Kier molecular flexibility index (Phi) is 7.72. The maximum absolute atomic E-state index is 7.18. The molecule has 0 aromatic rings. The lowest BCUT2D eigenvalue weighted by molar-refractivity contribution is -0.0637. The van der Waals surface area contributed by atoms with Crippen molar-refractivity contribution in [1.82, 2.24) is 24.9 Å². The van der Waals surface area contributed by atoms with Crippen LogP contribution in [0.5, 0.6) is 0 Å². The number of piperazine rings is 1. The highest BCUT2D eigenvalue weighted by Gasteiger charge is 2.44. The third kappa shape index (κ3) is 5.00. The highest BCUT2D eigenvalue weighted by molar-refractivity contribution is 5.43. The zero-order chi connectivity index (χ0) is 24.2. The van der Waals surface area contributed by atoms with Crippen LogP contribution in [0.15, 0.2) is 47.3 Å². The molecule has 6 heterocycles. The molecule has 0 radical (unpaired) electrons. The molecule has 1 N–H and O–H groups in total. The standard InChI is InChI=1S/C28H43N5O3/c1-4-12-30(13-5-1)25-24(23-9-3-8-20-35-23)27(32-14-6-2-7-15-32)36-28(33-18-21-34-22-19-33)26(25)31-16-10-29-11-17-31/h2,6-7,14,23,27,29H,1,3-5,8-13,15-22H2. The molecular weight excluding hydrogens is 454 g/mol. The van der Waals surface area contributed by atoms with E-state index in [1.54, 1.807) is 0 Å². The fraction of sp³-hybridized carbons (Fsp3) is 0.714. The molecule has 4 saturated heterocycles. The van der Waals surface area contributed by atoms with Gasteiger partial charge in [0.2, 0.25) is 12.1 Å². The number of hydrogen-bond donors (Lipinski definition) is 1. The number of likely N-dealkylation sites (tertiary alicyclic amines) is 1. The molecule has 0 saturated carbocycles. The fourth-order valence-corrected chi connectivity index (χ4v) is 6.39. The largest absolute Gasteiger partial charge is 0.449 e. The molecule has 198 valence electrons. The minimum Gasteiger partial charge on any atom is -0.449 e. The minimum atomic E-state index is -0.157. The maximum Gasteiger partial charge on any atom is 0.218 e. The molecule has 2 atom stereocenters. The van der Waals surface area contributed by atoms with E-state index in [0.29, 0.717) is 0 Å². The van der Waals surface area contributed by atoms with Crippen molar-refractivity contribution in [2.24, 2.45) is 0 Å². The van der Waals surface area contributed by atoms with Crippen molar-refractivity contribution in [2.75, 3.05) is 78.7 Å². The average molecular weight is 498 g/mol. The molecule has 36 heavy (non-hydrogen) atoms. The molecule has 6 aliphatic rings. The van der Waals surface area contributed by atoms with E-state index in [1.165, 1.54) is 42.7 Å². The Morgan fingerprint density at radius 1 is 0.750 bits per heavy atom. The van der Waals surface area contributed by atoms with Gasteiger partial charge in [0.25, 0.3) is 0 Å². The van der Waals surface area contributed by atoms with E-state index in [1.807, 2.05) is 0 Å². The first-order chi connectivity index (χ1) is 17.9. The van der Waals surface area contributed by atoms with Gasteiger partial charge in [0.1, 0.15) is 5.70 Å². The maximum atomic E-state index is 7.18. The molecule has 2 unspecified atom stereocenters. The Hall–Kier alpha value is -2.16. The van der Waals surface area contributed by atoms with Gasteiger partial charge >= 0.3 is 0 Å². The summed E-state index contributed by atoms with van der Waals surface area (Å²) in [5, 5.41) is 3.56. The molecule has 0 aliphatic carbocycles. The van der Waals surface area contributed by atoms with Gasteiger partial charge in [-0.1, -0.05) is 12.2 Å². The van der Waals surface area contributed by atoms with E-state index in [9.17, 15) is 0 Å². The zero-order valence-corrected chi connectivity index (χ0v) is 21.7. The van der Waals surface area contributed by atoms with Crippen LogP contribution >= 0.6 is 0 Å². The van der Waals surface area contributed by atoms with E-state index in [0.717, 1.165) is 97.4 Å². The summed E-state index contributed by atoms with van der Waals surface area (Å²) in [5.74, 6) is 1.05. The van der Waals surface area contributed by atoms with Crippen molar-refractivity contribution in [3.05, 3.63) is 47.3 Å². The van der Waals surface area contributed by atoms with Crippen molar-refractivity contribution >= 4 is 0 Å². The predicted octanol–water partition coefficient (Wildman–Crippen LogP) is 2.44. The van der Waals surface area contributed by atoms with Crippen LogP contribution in [-0.2, 0) is 14.2 Å². The Morgan fingerprint density at radius 2 is 1.56 bits per heavy atom. The van der Waals surface area contributed by atoms with Gasteiger partial charge in [-0.2, -0.15) is 0 Å². The van der Waals surface area contributed by atoms with Crippen LogP contribution < -0.4 is 5.32 Å². The fourth-order valence-electron chi connectivity index (χ4n) is 6.39. The van der Waals surface area contributed by atoms with Crippen molar-refractivity contribution < 1.29 is 14.2 Å². The number of hydrogen-bond acceptors (Lipinski definition) is 8. The monoisotopic (exact) mass is 497 g/mol. The Bertz CT molecular complexity index is 876. The SMILES string of the molecule is C1=CCN(C2OC(N3CCOCC3)=C(N3CCNCC3)C(N3CCCCC3)=C2C2CCCCO2)C=C1. The second-order valence-corrected chi connectivity index (χ2v) is 10.6. The molecule has 0 aromatic carbocycles. The van der Waals surface area contributed by atoms with Gasteiger partial charge in [-0.15, -0.1) is 0 Å². The normalized spacial score (nSPS) is 30.2. The van der Waals surface area contributed by atoms with Gasteiger partial charge in [-0.25, -0.2) is 0 Å². The second-order valence-electron chi connectivity index (χ2n) is 10.6. The highest BCUT2D eigenvalue weighted by Crippen LogP contribution is 2.42. The number of nitrogens with one attached hydrogen (secondary N) is 1. The first-order valence-corrected chi connectivity index (χ1v) is 14.3. The molecular formula is C28H43N5O3. The van der Waals surface area contributed by atoms with E-state index < -0.39 is 0 Å². The summed E-state index contributed by atoms with van der Waals surface area (Å²) in [6.45, 7) is 11.2. The van der Waals surface area contributed by atoms with Crippen molar-refractivity contribution in [3.8, 4) is 0 Å². The van der Waals surface area contributed by atoms with Crippen LogP contribution in [0.1, 0.15) is 38.5 Å². The quantitative estimate of drug-likeness (QED) is 0.622. The van der Waals surface area contributed by atoms with Crippen molar-refractivity contribution in [2.45, 2.75) is 50.9 Å². The van der Waals surface area contributed by atoms with E-state index in [-0.39, 0.29) is 12.3 Å². The number of ether oxygens (including phenoxy) is 3. The van der Waals surface area contributed by atoms with Crippen LogP contribution in [0, 0.1) is 0 Å². The summed E-state index contributed by atoms with van der Waals surface area (Å²) in [5.41, 5.74) is 4.06. The molecule has 8 heteroatoms. The second kappa shape index (κ2) is 11.5. The molecule has 0 aromatic heterocycles. The van der Waals surface area contributed by atoms with Crippen LogP contribution in [0.3, 0.4) is 0 Å². The molecule has 8 nitrogen and oxygen atoms in total. The number of rotatable bonds is 5. The number of allylic oxidation sites excluding steroid dienone is 2. The lowest BCUT2D eigenvalue weighted by Gasteiger charge is -2.49. The van der Waals surface area contributed by atoms with E-state index >= 15 is 0 Å². The van der Waals surface area contributed by atoms with Gasteiger partial charge < -0.3 is 39.1 Å². The van der Waals surface area contributed by atoms with E-state index in [2.05, 4.69) is 49.3 Å². The number of morpholine rings is 1. The van der Waals surface area contributed by atoms with Gasteiger partial charge in [0.05, 0.1) is 25.0 Å². The molecule has 6 rings (SSSR count). The van der Waals surface area contributed by atoms with Crippen LogP contribution in [0.25, 0.3) is 0 Å². The summed E-state index contributed by atoms with van der Waals surface area (Å²) in [7, 11) is 0. The highest BCUT2D eigenvalue weighted by atomic mass is 16.5. The Balaban J connectivity index is 1.52. The lowest BCUT2D eigenvalue weighted by atomic mass is 9.92. The zero-order valence-electron chi connectivity index (χ0n) is 21.7. The van der Waals surface area contributed by atoms with Crippen molar-refractivity contribution in [1.29, 1.82) is 0 Å². The average Bonchev–Trinajstić information content (AvgIpc) is 2.98. The molecule has 0 bridgehead atoms. The summed E-state index contributed by atoms with van der Waals surface area (Å²) in [6, 6.07) is 0. The summed E-state index contributed by atoms with van der Waals surface area (Å²) in [6.07, 6.45) is 15.9. The van der Waals surface area contributed by atoms with E-state index in [4.69, 9.17) is 14.2 Å². The van der Waals surface area contributed by atoms with Gasteiger partial charge in [-0.05, 0) is 44.6 Å². The van der Waals surface area contributed by atoms with Crippen LogP contribution in [0.2, 0.25) is 0 Å². The van der Waals surface area contributed by atoms with Gasteiger partial charge in [0, 0.05) is 77.3 Å². The summed E-state index contributed by atoms with van der Waals surface area (Å²) < 4.78 is 19.5. The third-order valence-electron chi connectivity index (χ3n) is 8.26. The van der Waals surface area contributed by atoms with Gasteiger partial charge in [0.15, 0.2) is 0 Å². The predicted molar refractivity (Wildman–Crippen MR) is 140 cm³/mol. The van der Waals surface area contributed by atoms with Crippen LogP contribution in [-0.4, -0.2) is 111 Å². The number of nitrogens with zero attached hydrogens (tertiary/aromatic N) is 4. The third-order valence-corrected chi connectivity index (χ3v) is 8.26. The Morgan fingerprint density at radius 3 is 2.28 bits per heavy atom. The topological polar surface area (TPSA) is 52.7 Å². The molecule has 0 spiro atoms. The Labute approximate surface area is 216 Å². The van der Waals surface area contributed by atoms with Crippen molar-refractivity contribution in [3.63, 3.8) is 0 Å².